The zero-order chi connectivity index (χ0) is 18.1. The summed E-state index contributed by atoms with van der Waals surface area (Å²) in [5, 5.41) is 21.1. The highest BCUT2D eigenvalue weighted by atomic mass is 32.2. The SMILES string of the molecule is CCCc1cc(O)c(-c2cccc(C)c2)c(O)c1S(=O)(=O)N(C)C. The summed E-state index contributed by atoms with van der Waals surface area (Å²) in [6.07, 6.45) is 1.14. The average molecular weight is 349 g/mol. The topological polar surface area (TPSA) is 77.8 Å². The molecule has 0 heterocycles. The van der Waals surface area contributed by atoms with Crippen LogP contribution >= 0.6 is 0 Å². The molecule has 0 atom stereocenters. The van der Waals surface area contributed by atoms with Crippen LogP contribution in [0.15, 0.2) is 35.2 Å². The minimum Gasteiger partial charge on any atom is -0.507 e. The van der Waals surface area contributed by atoms with Crippen molar-refractivity contribution in [3.8, 4) is 22.6 Å². The van der Waals surface area contributed by atoms with Gasteiger partial charge in [-0.05, 0) is 30.5 Å². The lowest BCUT2D eigenvalue weighted by Crippen LogP contribution is -2.23. The molecule has 5 nitrogen and oxygen atoms in total. The van der Waals surface area contributed by atoms with Crippen molar-refractivity contribution in [2.24, 2.45) is 0 Å². The number of sulfonamides is 1. The molecule has 0 saturated carbocycles. The van der Waals surface area contributed by atoms with Crippen LogP contribution in [0.4, 0.5) is 0 Å². The van der Waals surface area contributed by atoms with Crippen LogP contribution in [-0.2, 0) is 16.4 Å². The van der Waals surface area contributed by atoms with Crippen LogP contribution in [-0.4, -0.2) is 37.0 Å². The van der Waals surface area contributed by atoms with Gasteiger partial charge in [-0.3, -0.25) is 0 Å². The quantitative estimate of drug-likeness (QED) is 0.868. The molecule has 0 aromatic heterocycles. The summed E-state index contributed by atoms with van der Waals surface area (Å²) in [6, 6.07) is 8.65. The Labute approximate surface area is 143 Å². The first-order valence-corrected chi connectivity index (χ1v) is 9.21. The molecular formula is C18H23NO4S. The zero-order valence-electron chi connectivity index (χ0n) is 14.4. The van der Waals surface area contributed by atoms with Gasteiger partial charge in [0.05, 0.1) is 5.56 Å². The Kier molecular flexibility index (Phi) is 5.20. The highest BCUT2D eigenvalue weighted by Gasteiger charge is 2.29. The predicted molar refractivity (Wildman–Crippen MR) is 94.8 cm³/mol. The van der Waals surface area contributed by atoms with E-state index in [-0.39, 0.29) is 16.2 Å². The monoisotopic (exact) mass is 349 g/mol. The number of rotatable bonds is 5. The second-order valence-electron chi connectivity index (χ2n) is 6.01. The summed E-state index contributed by atoms with van der Waals surface area (Å²) in [6.45, 7) is 3.80. The van der Waals surface area contributed by atoms with Crippen LogP contribution in [0.2, 0.25) is 0 Å². The molecule has 0 aliphatic carbocycles. The Hall–Kier alpha value is -2.05. The van der Waals surface area contributed by atoms with Gasteiger partial charge in [0.25, 0.3) is 0 Å². The standard InChI is InChI=1S/C18H23NO4S/c1-5-7-14-11-15(20)16(13-9-6-8-12(2)10-13)17(21)18(14)24(22,23)19(3)4/h6,8-11,20-21H,5,7H2,1-4H3. The maximum absolute atomic E-state index is 12.7. The van der Waals surface area contributed by atoms with Crippen molar-refractivity contribution in [1.82, 2.24) is 4.31 Å². The Morgan fingerprint density at radius 2 is 1.79 bits per heavy atom. The fourth-order valence-electron chi connectivity index (χ4n) is 2.70. The number of hydrogen-bond acceptors (Lipinski definition) is 4. The molecule has 0 saturated heterocycles. The number of aromatic hydroxyl groups is 2. The van der Waals surface area contributed by atoms with Gasteiger partial charge in [0.15, 0.2) is 0 Å². The second-order valence-corrected chi connectivity index (χ2v) is 8.10. The van der Waals surface area contributed by atoms with E-state index in [2.05, 4.69) is 0 Å². The Morgan fingerprint density at radius 1 is 1.12 bits per heavy atom. The molecule has 0 aliphatic rings. The smallest absolute Gasteiger partial charge is 0.246 e. The summed E-state index contributed by atoms with van der Waals surface area (Å²) in [5.74, 6) is -0.531. The summed E-state index contributed by atoms with van der Waals surface area (Å²) >= 11 is 0. The number of nitrogens with zero attached hydrogens (tertiary/aromatic N) is 1. The molecule has 2 N–H and O–H groups in total. The van der Waals surface area contributed by atoms with E-state index in [4.69, 9.17) is 0 Å². The van der Waals surface area contributed by atoms with Gasteiger partial charge < -0.3 is 10.2 Å². The summed E-state index contributed by atoms with van der Waals surface area (Å²) in [7, 11) is -1.00. The van der Waals surface area contributed by atoms with Gasteiger partial charge in [-0.2, -0.15) is 0 Å². The van der Waals surface area contributed by atoms with Crippen LogP contribution in [0.1, 0.15) is 24.5 Å². The van der Waals surface area contributed by atoms with Gasteiger partial charge in [-0.1, -0.05) is 43.2 Å². The molecule has 0 unspecified atom stereocenters. The van der Waals surface area contributed by atoms with Crippen LogP contribution in [0.3, 0.4) is 0 Å². The number of benzene rings is 2. The molecule has 24 heavy (non-hydrogen) atoms. The third kappa shape index (κ3) is 3.25. The maximum atomic E-state index is 12.7. The van der Waals surface area contributed by atoms with Crippen molar-refractivity contribution in [2.45, 2.75) is 31.6 Å². The molecule has 0 amide bonds. The summed E-state index contributed by atoms with van der Waals surface area (Å²) in [4.78, 5) is -0.136. The maximum Gasteiger partial charge on any atom is 0.246 e. The highest BCUT2D eigenvalue weighted by molar-refractivity contribution is 7.89. The predicted octanol–water partition coefficient (Wildman–Crippen LogP) is 3.28. The van der Waals surface area contributed by atoms with E-state index in [9.17, 15) is 18.6 Å². The van der Waals surface area contributed by atoms with Crippen LogP contribution in [0.5, 0.6) is 11.5 Å². The van der Waals surface area contributed by atoms with E-state index in [1.807, 2.05) is 19.9 Å². The first-order valence-electron chi connectivity index (χ1n) is 7.77. The Balaban J connectivity index is 2.85. The number of aryl methyl sites for hydroxylation is 2. The van der Waals surface area contributed by atoms with E-state index in [0.29, 0.717) is 24.0 Å². The van der Waals surface area contributed by atoms with Crippen molar-refractivity contribution in [2.75, 3.05) is 14.1 Å². The fourth-order valence-corrected chi connectivity index (χ4v) is 3.90. The normalized spacial score (nSPS) is 11.9. The minimum atomic E-state index is -3.85. The summed E-state index contributed by atoms with van der Waals surface area (Å²) in [5.41, 5.74) is 2.07. The van der Waals surface area contributed by atoms with Crippen molar-refractivity contribution < 1.29 is 18.6 Å². The molecule has 2 aromatic carbocycles. The van der Waals surface area contributed by atoms with Crippen LogP contribution in [0, 0.1) is 6.92 Å². The van der Waals surface area contributed by atoms with Gasteiger partial charge in [-0.15, -0.1) is 0 Å². The summed E-state index contributed by atoms with van der Waals surface area (Å²) < 4.78 is 26.5. The first-order chi connectivity index (χ1) is 11.2. The Bertz CT molecular complexity index is 858. The van der Waals surface area contributed by atoms with E-state index in [0.717, 1.165) is 9.87 Å². The minimum absolute atomic E-state index is 0.126. The lowest BCUT2D eigenvalue weighted by molar-refractivity contribution is 0.436. The largest absolute Gasteiger partial charge is 0.507 e. The lowest BCUT2D eigenvalue weighted by Gasteiger charge is -2.19. The van der Waals surface area contributed by atoms with Gasteiger partial charge in [-0.25, -0.2) is 12.7 Å². The average Bonchev–Trinajstić information content (AvgIpc) is 2.46. The molecule has 130 valence electrons. The van der Waals surface area contributed by atoms with Gasteiger partial charge in [0.1, 0.15) is 16.4 Å². The van der Waals surface area contributed by atoms with E-state index in [1.165, 1.54) is 20.2 Å². The van der Waals surface area contributed by atoms with Crippen molar-refractivity contribution >= 4 is 10.0 Å². The van der Waals surface area contributed by atoms with Crippen LogP contribution in [0.25, 0.3) is 11.1 Å². The highest BCUT2D eigenvalue weighted by Crippen LogP contribution is 2.44. The van der Waals surface area contributed by atoms with E-state index >= 15 is 0 Å². The van der Waals surface area contributed by atoms with Crippen molar-refractivity contribution in [1.29, 1.82) is 0 Å². The molecule has 2 rings (SSSR count). The molecule has 0 aliphatic heterocycles. The van der Waals surface area contributed by atoms with E-state index in [1.54, 1.807) is 18.2 Å². The molecular weight excluding hydrogens is 326 g/mol. The molecule has 0 radical (unpaired) electrons. The van der Waals surface area contributed by atoms with Gasteiger partial charge in [0, 0.05) is 14.1 Å². The molecule has 0 spiro atoms. The van der Waals surface area contributed by atoms with Gasteiger partial charge >= 0.3 is 0 Å². The zero-order valence-corrected chi connectivity index (χ0v) is 15.2. The van der Waals surface area contributed by atoms with Crippen molar-refractivity contribution in [3.63, 3.8) is 0 Å². The molecule has 6 heteroatoms. The molecule has 0 bridgehead atoms. The lowest BCUT2D eigenvalue weighted by atomic mass is 9.98. The van der Waals surface area contributed by atoms with Gasteiger partial charge in [0.2, 0.25) is 10.0 Å². The number of phenols is 2. The van der Waals surface area contributed by atoms with Crippen molar-refractivity contribution in [3.05, 3.63) is 41.5 Å². The third-order valence-corrected chi connectivity index (χ3v) is 5.81. The first kappa shape index (κ1) is 18.3. The van der Waals surface area contributed by atoms with Crippen LogP contribution < -0.4 is 0 Å². The number of hydrogen-bond donors (Lipinski definition) is 2. The fraction of sp³-hybridized carbons (Fsp3) is 0.333. The second kappa shape index (κ2) is 6.83. The number of phenolic OH excluding ortho intramolecular Hbond substituents is 2. The molecule has 0 fully saturated rings. The molecule has 2 aromatic rings. The third-order valence-electron chi connectivity index (χ3n) is 3.88. The van der Waals surface area contributed by atoms with E-state index < -0.39 is 15.8 Å². The Morgan fingerprint density at radius 3 is 2.33 bits per heavy atom.